The first-order chi connectivity index (χ1) is 14.4. The molecule has 3 aromatic heterocycles. The highest BCUT2D eigenvalue weighted by Gasteiger charge is 2.27. The molecule has 0 aliphatic rings. The first-order valence-corrected chi connectivity index (χ1v) is 9.48. The van der Waals surface area contributed by atoms with Crippen LogP contribution in [0.25, 0.3) is 22.0 Å². The molecule has 1 aromatic carbocycles. The van der Waals surface area contributed by atoms with Gasteiger partial charge in [0.15, 0.2) is 0 Å². The number of aryl methyl sites for hydroxylation is 1. The zero-order chi connectivity index (χ0) is 21.4. The quantitative estimate of drug-likeness (QED) is 0.512. The van der Waals surface area contributed by atoms with Gasteiger partial charge in [-0.3, -0.25) is 4.98 Å². The number of carboxylic acids is 1. The van der Waals surface area contributed by atoms with Gasteiger partial charge in [0, 0.05) is 66.2 Å². The minimum atomic E-state index is -1.02. The number of carboxylic acid groups (broad SMARTS) is 1. The van der Waals surface area contributed by atoms with E-state index in [-0.39, 0.29) is 11.3 Å². The summed E-state index contributed by atoms with van der Waals surface area (Å²) in [6, 6.07) is 5.51. The van der Waals surface area contributed by atoms with Gasteiger partial charge in [0.2, 0.25) is 0 Å². The Morgan fingerprint density at radius 3 is 2.63 bits per heavy atom. The third-order valence-corrected chi connectivity index (χ3v) is 5.24. The monoisotopic (exact) mass is 405 g/mol. The Morgan fingerprint density at radius 1 is 1.23 bits per heavy atom. The third kappa shape index (κ3) is 3.31. The van der Waals surface area contributed by atoms with Gasteiger partial charge in [-0.05, 0) is 26.2 Å². The van der Waals surface area contributed by atoms with Crippen LogP contribution in [0.5, 0.6) is 5.75 Å². The number of aromatic carboxylic acids is 1. The summed E-state index contributed by atoms with van der Waals surface area (Å²) >= 11 is 0. The molecule has 0 amide bonds. The highest BCUT2D eigenvalue weighted by molar-refractivity contribution is 6.08. The lowest BCUT2D eigenvalue weighted by molar-refractivity contribution is 0.0696. The molecule has 0 saturated heterocycles. The van der Waals surface area contributed by atoms with E-state index in [1.54, 1.807) is 37.2 Å². The lowest BCUT2D eigenvalue weighted by Gasteiger charge is -2.14. The van der Waals surface area contributed by atoms with Crippen molar-refractivity contribution >= 4 is 16.9 Å². The number of phenols is 1. The number of benzene rings is 1. The Kier molecular flexibility index (Phi) is 5.01. The second kappa shape index (κ2) is 7.64. The van der Waals surface area contributed by atoms with Crippen LogP contribution in [0.4, 0.5) is 0 Å². The molecule has 30 heavy (non-hydrogen) atoms. The Morgan fingerprint density at radius 2 is 2.03 bits per heavy atom. The molecule has 4 aromatic rings. The summed E-state index contributed by atoms with van der Waals surface area (Å²) < 4.78 is 3.71. The smallest absolute Gasteiger partial charge is 0.338 e. The topological polar surface area (TPSA) is 96.4 Å². The van der Waals surface area contributed by atoms with E-state index in [4.69, 9.17) is 0 Å². The van der Waals surface area contributed by atoms with Gasteiger partial charge < -0.3 is 24.2 Å². The van der Waals surface area contributed by atoms with Gasteiger partial charge >= 0.3 is 5.97 Å². The number of rotatable bonds is 6. The van der Waals surface area contributed by atoms with Crippen LogP contribution in [-0.2, 0) is 20.1 Å². The second-order valence-corrected chi connectivity index (χ2v) is 7.55. The summed E-state index contributed by atoms with van der Waals surface area (Å²) in [6.07, 6.45) is 8.44. The van der Waals surface area contributed by atoms with E-state index < -0.39 is 5.97 Å². The van der Waals surface area contributed by atoms with Crippen molar-refractivity contribution in [3.05, 3.63) is 66.1 Å². The van der Waals surface area contributed by atoms with Gasteiger partial charge in [-0.1, -0.05) is 6.07 Å². The number of phenolic OH excluding ortho intramolecular Hbond substituents is 1. The highest BCUT2D eigenvalue weighted by Crippen LogP contribution is 2.41. The summed E-state index contributed by atoms with van der Waals surface area (Å²) in [6.45, 7) is 0.752. The third-order valence-electron chi connectivity index (χ3n) is 5.24. The van der Waals surface area contributed by atoms with Crippen LogP contribution in [0.3, 0.4) is 0 Å². The van der Waals surface area contributed by atoms with Crippen molar-refractivity contribution in [3.8, 4) is 16.9 Å². The first kappa shape index (κ1) is 19.7. The number of imidazole rings is 1. The Labute approximate surface area is 173 Å². The van der Waals surface area contributed by atoms with Crippen LogP contribution in [0.2, 0.25) is 0 Å². The molecule has 2 N–H and O–H groups in total. The second-order valence-electron chi connectivity index (χ2n) is 7.55. The maximum absolute atomic E-state index is 12.3. The van der Waals surface area contributed by atoms with Crippen molar-refractivity contribution in [3.63, 3.8) is 0 Å². The van der Waals surface area contributed by atoms with E-state index in [2.05, 4.69) is 9.97 Å². The molecule has 8 nitrogen and oxygen atoms in total. The normalized spacial score (nSPS) is 11.5. The van der Waals surface area contributed by atoms with Crippen molar-refractivity contribution < 1.29 is 15.0 Å². The van der Waals surface area contributed by atoms with E-state index in [0.29, 0.717) is 35.3 Å². The van der Waals surface area contributed by atoms with E-state index in [9.17, 15) is 15.0 Å². The number of fused-ring (bicyclic) bond motifs is 1. The maximum Gasteiger partial charge on any atom is 0.338 e. The molecule has 0 unspecified atom stereocenters. The lowest BCUT2D eigenvalue weighted by atomic mass is 9.96. The Bertz CT molecular complexity index is 1210. The van der Waals surface area contributed by atoms with Gasteiger partial charge in [-0.2, -0.15) is 0 Å². The summed E-state index contributed by atoms with van der Waals surface area (Å²) in [7, 11) is 5.65. The number of aromatic nitrogens is 4. The molecule has 3 heterocycles. The van der Waals surface area contributed by atoms with Crippen LogP contribution >= 0.6 is 0 Å². The van der Waals surface area contributed by atoms with E-state index in [1.165, 1.54) is 0 Å². The van der Waals surface area contributed by atoms with Crippen molar-refractivity contribution in [2.75, 3.05) is 14.1 Å². The molecule has 0 spiro atoms. The predicted molar refractivity (Wildman–Crippen MR) is 113 cm³/mol. The van der Waals surface area contributed by atoms with Crippen molar-refractivity contribution in [2.45, 2.75) is 13.1 Å². The van der Waals surface area contributed by atoms with Crippen LogP contribution < -0.4 is 0 Å². The Hall–Kier alpha value is -3.65. The maximum atomic E-state index is 12.3. The minimum Gasteiger partial charge on any atom is -0.507 e. The molecule has 0 fully saturated rings. The fourth-order valence-electron chi connectivity index (χ4n) is 3.89. The number of carbonyl (C=O) groups is 1. The molecule has 0 atom stereocenters. The predicted octanol–water partition coefficient (Wildman–Crippen LogP) is 2.95. The zero-order valence-corrected chi connectivity index (χ0v) is 17.1. The van der Waals surface area contributed by atoms with Gasteiger partial charge in [0.05, 0.1) is 24.0 Å². The fourth-order valence-corrected chi connectivity index (χ4v) is 3.89. The van der Waals surface area contributed by atoms with Crippen LogP contribution in [0.15, 0.2) is 49.3 Å². The standard InChI is InChI=1S/C22H23N5O3/c1-25(2)12-18-20(22(29)30)19-16(11-27-8-7-24-13-27)21(28)15(9-17(19)26(18)3)14-5-4-6-23-10-14/h4-10,13,28H,11-12H2,1-3H3,(H,29,30). The van der Waals surface area contributed by atoms with Gasteiger partial charge in [0.25, 0.3) is 0 Å². The number of hydrogen-bond acceptors (Lipinski definition) is 5. The average Bonchev–Trinajstić information content (AvgIpc) is 3.31. The van der Waals surface area contributed by atoms with Crippen molar-refractivity contribution in [1.29, 1.82) is 0 Å². The molecule has 0 bridgehead atoms. The number of nitrogens with zero attached hydrogens (tertiary/aromatic N) is 5. The van der Waals surface area contributed by atoms with Crippen LogP contribution in [0, 0.1) is 0 Å². The molecule has 0 radical (unpaired) electrons. The molecule has 154 valence electrons. The van der Waals surface area contributed by atoms with E-state index >= 15 is 0 Å². The van der Waals surface area contributed by atoms with Crippen LogP contribution in [0.1, 0.15) is 21.6 Å². The molecule has 0 aliphatic carbocycles. The van der Waals surface area contributed by atoms with Crippen molar-refractivity contribution in [1.82, 2.24) is 24.0 Å². The molecule has 0 saturated carbocycles. The molecular formula is C22H23N5O3. The van der Waals surface area contributed by atoms with E-state index in [1.807, 2.05) is 47.3 Å². The molecule has 8 heteroatoms. The number of pyridine rings is 1. The zero-order valence-electron chi connectivity index (χ0n) is 17.1. The molecule has 4 rings (SSSR count). The molecular weight excluding hydrogens is 382 g/mol. The van der Waals surface area contributed by atoms with Crippen LogP contribution in [-0.4, -0.2) is 54.3 Å². The lowest BCUT2D eigenvalue weighted by Crippen LogP contribution is -2.16. The number of aromatic hydroxyl groups is 1. The summed E-state index contributed by atoms with van der Waals surface area (Å²) in [4.78, 5) is 22.5. The fraction of sp³-hybridized carbons (Fsp3) is 0.227. The average molecular weight is 405 g/mol. The SMILES string of the molecule is CN(C)Cc1c(C(=O)O)c2c(Cn3ccnc3)c(O)c(-c3cccnc3)cc2n1C. The minimum absolute atomic E-state index is 0.0497. The highest BCUT2D eigenvalue weighted by atomic mass is 16.4. The molecule has 0 aliphatic heterocycles. The number of hydrogen-bond donors (Lipinski definition) is 2. The Balaban J connectivity index is 2.10. The van der Waals surface area contributed by atoms with E-state index in [0.717, 1.165) is 11.1 Å². The summed E-state index contributed by atoms with van der Waals surface area (Å²) in [5.74, 6) is -0.966. The first-order valence-electron chi connectivity index (χ1n) is 9.48. The van der Waals surface area contributed by atoms with Gasteiger partial charge in [-0.25, -0.2) is 9.78 Å². The summed E-state index contributed by atoms with van der Waals surface area (Å²) in [5, 5.41) is 21.9. The van der Waals surface area contributed by atoms with Crippen molar-refractivity contribution in [2.24, 2.45) is 7.05 Å². The largest absolute Gasteiger partial charge is 0.507 e. The van der Waals surface area contributed by atoms with Gasteiger partial charge in [-0.15, -0.1) is 0 Å². The van der Waals surface area contributed by atoms with Gasteiger partial charge in [0.1, 0.15) is 5.75 Å². The summed E-state index contributed by atoms with van der Waals surface area (Å²) in [5.41, 5.74) is 3.55.